The van der Waals surface area contributed by atoms with Gasteiger partial charge in [0.15, 0.2) is 0 Å². The molecule has 0 fully saturated rings. The van der Waals surface area contributed by atoms with E-state index in [1.165, 1.54) is 5.57 Å². The fourth-order valence-corrected chi connectivity index (χ4v) is 0.744. The molecule has 0 spiro atoms. The van der Waals surface area contributed by atoms with E-state index in [1.807, 2.05) is 0 Å². The van der Waals surface area contributed by atoms with Crippen molar-refractivity contribution in [3.05, 3.63) is 23.8 Å². The van der Waals surface area contributed by atoms with Gasteiger partial charge >= 0.3 is 21.7 Å². The van der Waals surface area contributed by atoms with Crippen LogP contribution in [0.5, 0.6) is 0 Å². The number of allylic oxidation sites excluding steroid dienone is 4. The summed E-state index contributed by atoms with van der Waals surface area (Å²) in [6, 6.07) is 0. The molecule has 0 aliphatic heterocycles. The molecule has 0 aromatic heterocycles. The van der Waals surface area contributed by atoms with Gasteiger partial charge in [0.05, 0.1) is 0 Å². The molecule has 1 aliphatic rings. The molecule has 0 saturated heterocycles. The first-order valence-corrected chi connectivity index (χ1v) is 2.57. The van der Waals surface area contributed by atoms with E-state index in [9.17, 15) is 0 Å². The summed E-state index contributed by atoms with van der Waals surface area (Å²) in [7, 11) is 0. The van der Waals surface area contributed by atoms with Crippen LogP contribution in [0.1, 0.15) is 13.8 Å². The van der Waals surface area contributed by atoms with Crippen molar-refractivity contribution in [3.8, 4) is 0 Å². The standard InChI is InChI=1S/C7H9.2ClH.Ti/c1-6-3-4-7(2)5-6;;;/h3-4,6H,1-2H3;2*1H;/q-1;;;+3/p-2. The Hall–Kier alpha value is 0.774. The zero-order chi connectivity index (χ0) is 5.28. The first-order valence-electron chi connectivity index (χ1n) is 2.57. The third-order valence-electron chi connectivity index (χ3n) is 1.09. The average Bonchev–Trinajstić information content (AvgIpc) is 1.87. The van der Waals surface area contributed by atoms with E-state index < -0.39 is 0 Å². The van der Waals surface area contributed by atoms with Gasteiger partial charge in [0.1, 0.15) is 0 Å². The van der Waals surface area contributed by atoms with E-state index in [2.05, 4.69) is 32.1 Å². The van der Waals surface area contributed by atoms with E-state index in [4.69, 9.17) is 0 Å². The Morgan fingerprint density at radius 1 is 1.40 bits per heavy atom. The summed E-state index contributed by atoms with van der Waals surface area (Å²) in [5.41, 5.74) is 1.27. The van der Waals surface area contributed by atoms with Crippen LogP contribution >= 0.6 is 0 Å². The first kappa shape index (κ1) is 17.0. The zero-order valence-electron chi connectivity index (χ0n) is 5.99. The Morgan fingerprint density at radius 2 is 1.90 bits per heavy atom. The quantitative estimate of drug-likeness (QED) is 0.283. The van der Waals surface area contributed by atoms with Gasteiger partial charge in [-0.15, -0.1) is 0 Å². The van der Waals surface area contributed by atoms with Crippen LogP contribution in [0.2, 0.25) is 0 Å². The number of rotatable bonds is 0. The van der Waals surface area contributed by atoms with Crippen LogP contribution in [-0.4, -0.2) is 0 Å². The van der Waals surface area contributed by atoms with Crippen LogP contribution in [0.25, 0.3) is 0 Å². The molecule has 0 amide bonds. The summed E-state index contributed by atoms with van der Waals surface area (Å²) in [5.74, 6) is 0.556. The zero-order valence-corrected chi connectivity index (χ0v) is 9.06. The third kappa shape index (κ3) is 5.55. The molecular formula is C7H9Cl2Ti. The monoisotopic (exact) mass is 211 g/mol. The second kappa shape index (κ2) is 7.88. The van der Waals surface area contributed by atoms with Crippen molar-refractivity contribution >= 4 is 0 Å². The minimum Gasteiger partial charge on any atom is -1.00 e. The second-order valence-electron chi connectivity index (χ2n) is 1.98. The molecule has 1 aliphatic carbocycles. The summed E-state index contributed by atoms with van der Waals surface area (Å²) in [6.07, 6.45) is 7.47. The Bertz CT molecular complexity index is 130. The van der Waals surface area contributed by atoms with Crippen molar-refractivity contribution in [1.82, 2.24) is 0 Å². The summed E-state index contributed by atoms with van der Waals surface area (Å²) >= 11 is 0. The number of halogens is 2. The van der Waals surface area contributed by atoms with E-state index in [-0.39, 0.29) is 46.5 Å². The maximum absolute atomic E-state index is 3.22. The van der Waals surface area contributed by atoms with E-state index in [0.29, 0.717) is 5.92 Å². The fraction of sp³-hybridized carbons (Fsp3) is 0.429. The number of hydrogen-bond acceptors (Lipinski definition) is 0. The van der Waals surface area contributed by atoms with Gasteiger partial charge in [0.2, 0.25) is 0 Å². The molecular weight excluding hydrogens is 203 g/mol. The second-order valence-corrected chi connectivity index (χ2v) is 1.98. The molecule has 0 bridgehead atoms. The van der Waals surface area contributed by atoms with Gasteiger partial charge in [-0.3, -0.25) is 6.08 Å². The number of hydrogen-bond donors (Lipinski definition) is 0. The van der Waals surface area contributed by atoms with Gasteiger partial charge in [-0.05, 0) is 0 Å². The minimum atomic E-state index is 0. The molecule has 1 unspecified atom stereocenters. The Morgan fingerprint density at radius 3 is 2.00 bits per heavy atom. The van der Waals surface area contributed by atoms with Crippen molar-refractivity contribution < 1.29 is 46.5 Å². The Balaban J connectivity index is -0.000000163. The van der Waals surface area contributed by atoms with Crippen LogP contribution in [-0.2, 0) is 21.7 Å². The van der Waals surface area contributed by atoms with Crippen molar-refractivity contribution in [2.24, 2.45) is 5.92 Å². The summed E-state index contributed by atoms with van der Waals surface area (Å²) in [5, 5.41) is 0. The van der Waals surface area contributed by atoms with Crippen molar-refractivity contribution in [2.75, 3.05) is 0 Å². The van der Waals surface area contributed by atoms with Gasteiger partial charge in [-0.2, -0.15) is 6.08 Å². The third-order valence-corrected chi connectivity index (χ3v) is 1.09. The van der Waals surface area contributed by atoms with E-state index >= 15 is 0 Å². The summed E-state index contributed by atoms with van der Waals surface area (Å²) < 4.78 is 0. The summed E-state index contributed by atoms with van der Waals surface area (Å²) in [4.78, 5) is 0. The topological polar surface area (TPSA) is 0 Å². The van der Waals surface area contributed by atoms with Gasteiger partial charge < -0.3 is 24.8 Å². The van der Waals surface area contributed by atoms with Gasteiger partial charge in [-0.1, -0.05) is 19.8 Å². The van der Waals surface area contributed by atoms with Crippen molar-refractivity contribution in [1.29, 1.82) is 0 Å². The SMILES string of the molecule is CC1=[C-]C(C)C=C1.[Cl-].[Cl-].[Ti+3]. The van der Waals surface area contributed by atoms with Crippen LogP contribution in [0.3, 0.4) is 0 Å². The van der Waals surface area contributed by atoms with Crippen LogP contribution in [0.15, 0.2) is 17.7 Å². The minimum absolute atomic E-state index is 0. The van der Waals surface area contributed by atoms with Crippen molar-refractivity contribution in [2.45, 2.75) is 13.8 Å². The average molecular weight is 212 g/mol. The molecule has 0 nitrogen and oxygen atoms in total. The predicted octanol–water partition coefficient (Wildman–Crippen LogP) is -4.05. The molecule has 0 aromatic carbocycles. The molecule has 10 heavy (non-hydrogen) atoms. The van der Waals surface area contributed by atoms with E-state index in [1.54, 1.807) is 0 Å². The molecule has 0 saturated carbocycles. The molecule has 0 aromatic rings. The molecule has 3 heteroatoms. The maximum Gasteiger partial charge on any atom is 3.00 e. The smallest absolute Gasteiger partial charge is 1.00 e. The van der Waals surface area contributed by atoms with Crippen LogP contribution in [0.4, 0.5) is 0 Å². The summed E-state index contributed by atoms with van der Waals surface area (Å²) in [6.45, 7) is 4.20. The van der Waals surface area contributed by atoms with Crippen LogP contribution in [0, 0.1) is 12.0 Å². The van der Waals surface area contributed by atoms with Gasteiger partial charge in [0.25, 0.3) is 0 Å². The Kier molecular flexibility index (Phi) is 13.4. The fourth-order valence-electron chi connectivity index (χ4n) is 0.744. The Labute approximate surface area is 89.9 Å². The molecule has 1 rings (SSSR count). The largest absolute Gasteiger partial charge is 3.00 e. The van der Waals surface area contributed by atoms with Gasteiger partial charge in [-0.25, -0.2) is 11.6 Å². The van der Waals surface area contributed by atoms with E-state index in [0.717, 1.165) is 0 Å². The molecule has 55 valence electrons. The molecule has 0 N–H and O–H groups in total. The predicted molar refractivity (Wildman–Crippen MR) is 30.7 cm³/mol. The normalized spacial score (nSPS) is 19.8. The van der Waals surface area contributed by atoms with Crippen molar-refractivity contribution in [3.63, 3.8) is 0 Å². The van der Waals surface area contributed by atoms with Crippen LogP contribution < -0.4 is 24.8 Å². The molecule has 1 atom stereocenters. The molecule has 0 heterocycles. The maximum atomic E-state index is 3.22. The van der Waals surface area contributed by atoms with Gasteiger partial charge in [0, 0.05) is 0 Å². The first-order chi connectivity index (χ1) is 3.29. The molecule has 1 radical (unpaired) electrons.